The predicted molar refractivity (Wildman–Crippen MR) is 56.4 cm³/mol. The quantitative estimate of drug-likeness (QED) is 0.709. The molecule has 13 heavy (non-hydrogen) atoms. The lowest BCUT2D eigenvalue weighted by Gasteiger charge is -2.21. The van der Waals surface area contributed by atoms with Gasteiger partial charge in [-0.2, -0.15) is 0 Å². The Kier molecular flexibility index (Phi) is 2.92. The highest BCUT2D eigenvalue weighted by Crippen LogP contribution is 2.49. The SMILES string of the molecule is CC(N)CCCC1CC2CCC1C2. The molecule has 2 bridgehead atoms. The van der Waals surface area contributed by atoms with Crippen molar-refractivity contribution < 1.29 is 0 Å². The first-order chi connectivity index (χ1) is 6.25. The monoisotopic (exact) mass is 181 g/mol. The minimum atomic E-state index is 0.415. The molecule has 0 heterocycles. The summed E-state index contributed by atoms with van der Waals surface area (Å²) in [5.74, 6) is 3.31. The Labute approximate surface area is 82.1 Å². The first-order valence-electron chi connectivity index (χ1n) is 6.01. The summed E-state index contributed by atoms with van der Waals surface area (Å²) >= 11 is 0. The van der Waals surface area contributed by atoms with Crippen LogP contribution in [-0.2, 0) is 0 Å². The number of nitrogens with two attached hydrogens (primary N) is 1. The van der Waals surface area contributed by atoms with E-state index in [1.807, 2.05) is 0 Å². The van der Waals surface area contributed by atoms with E-state index in [0.717, 1.165) is 17.8 Å². The molecule has 0 aromatic heterocycles. The molecular weight excluding hydrogens is 158 g/mol. The van der Waals surface area contributed by atoms with Gasteiger partial charge in [0.25, 0.3) is 0 Å². The first kappa shape index (κ1) is 9.51. The van der Waals surface area contributed by atoms with Crippen LogP contribution in [0.25, 0.3) is 0 Å². The summed E-state index contributed by atoms with van der Waals surface area (Å²) in [5, 5.41) is 0. The van der Waals surface area contributed by atoms with Crippen molar-refractivity contribution in [2.45, 2.75) is 57.9 Å². The Balaban J connectivity index is 1.66. The molecule has 2 aliphatic rings. The van der Waals surface area contributed by atoms with E-state index in [9.17, 15) is 0 Å². The van der Waals surface area contributed by atoms with Crippen molar-refractivity contribution in [1.82, 2.24) is 0 Å². The molecule has 1 nitrogen and oxygen atoms in total. The maximum atomic E-state index is 5.75. The van der Waals surface area contributed by atoms with E-state index < -0.39 is 0 Å². The Morgan fingerprint density at radius 2 is 2.15 bits per heavy atom. The summed E-state index contributed by atoms with van der Waals surface area (Å²) in [6.45, 7) is 2.13. The van der Waals surface area contributed by atoms with Crippen LogP contribution in [0.2, 0.25) is 0 Å². The van der Waals surface area contributed by atoms with Gasteiger partial charge in [-0.3, -0.25) is 0 Å². The van der Waals surface area contributed by atoms with Crippen molar-refractivity contribution in [2.75, 3.05) is 0 Å². The van der Waals surface area contributed by atoms with Gasteiger partial charge in [0.1, 0.15) is 0 Å². The number of hydrogen-bond donors (Lipinski definition) is 1. The molecule has 4 unspecified atom stereocenters. The molecular formula is C12H23N. The molecule has 0 saturated heterocycles. The van der Waals surface area contributed by atoms with Gasteiger partial charge in [-0.1, -0.05) is 19.3 Å². The van der Waals surface area contributed by atoms with Crippen molar-refractivity contribution in [3.63, 3.8) is 0 Å². The molecule has 2 saturated carbocycles. The fourth-order valence-electron chi connectivity index (χ4n) is 3.43. The summed E-state index contributed by atoms with van der Waals surface area (Å²) in [7, 11) is 0. The zero-order valence-corrected chi connectivity index (χ0v) is 8.84. The molecule has 0 aromatic rings. The van der Waals surface area contributed by atoms with Crippen LogP contribution in [0.4, 0.5) is 0 Å². The molecule has 2 aliphatic carbocycles. The lowest BCUT2D eigenvalue weighted by Crippen LogP contribution is -2.16. The van der Waals surface area contributed by atoms with Crippen molar-refractivity contribution in [3.8, 4) is 0 Å². The van der Waals surface area contributed by atoms with Gasteiger partial charge in [0.15, 0.2) is 0 Å². The smallest absolute Gasteiger partial charge is 0.00104 e. The average Bonchev–Trinajstić information content (AvgIpc) is 2.64. The highest BCUT2D eigenvalue weighted by atomic mass is 14.6. The first-order valence-corrected chi connectivity index (χ1v) is 6.01. The minimum absolute atomic E-state index is 0.415. The topological polar surface area (TPSA) is 26.0 Å². The van der Waals surface area contributed by atoms with Crippen LogP contribution in [0.1, 0.15) is 51.9 Å². The maximum Gasteiger partial charge on any atom is 0.00104 e. The van der Waals surface area contributed by atoms with Gasteiger partial charge in [0, 0.05) is 6.04 Å². The lowest BCUT2D eigenvalue weighted by atomic mass is 9.85. The zero-order valence-electron chi connectivity index (χ0n) is 8.84. The van der Waals surface area contributed by atoms with E-state index in [4.69, 9.17) is 5.73 Å². The number of rotatable bonds is 4. The van der Waals surface area contributed by atoms with Crippen LogP contribution in [0.15, 0.2) is 0 Å². The molecule has 0 amide bonds. The van der Waals surface area contributed by atoms with Gasteiger partial charge in [-0.25, -0.2) is 0 Å². The second-order valence-corrected chi connectivity index (χ2v) is 5.34. The largest absolute Gasteiger partial charge is 0.328 e. The summed E-state index contributed by atoms with van der Waals surface area (Å²) in [4.78, 5) is 0. The third kappa shape index (κ3) is 2.25. The van der Waals surface area contributed by atoms with Gasteiger partial charge < -0.3 is 5.73 Å². The van der Waals surface area contributed by atoms with Crippen molar-refractivity contribution in [3.05, 3.63) is 0 Å². The average molecular weight is 181 g/mol. The molecule has 0 aliphatic heterocycles. The number of hydrogen-bond acceptors (Lipinski definition) is 1. The predicted octanol–water partition coefficient (Wildman–Crippen LogP) is 2.94. The molecule has 2 N–H and O–H groups in total. The summed E-state index contributed by atoms with van der Waals surface area (Å²) in [5.41, 5.74) is 5.75. The van der Waals surface area contributed by atoms with E-state index in [1.165, 1.54) is 32.1 Å². The standard InChI is InChI=1S/C12H23N/c1-9(13)3-2-4-11-7-10-5-6-12(11)8-10/h9-12H,2-8,13H2,1H3. The van der Waals surface area contributed by atoms with Crippen LogP contribution < -0.4 is 5.73 Å². The normalized spacial score (nSPS) is 39.7. The molecule has 0 spiro atoms. The second kappa shape index (κ2) is 4.00. The van der Waals surface area contributed by atoms with E-state index in [0.29, 0.717) is 6.04 Å². The fourth-order valence-corrected chi connectivity index (χ4v) is 3.43. The maximum absolute atomic E-state index is 5.75. The lowest BCUT2D eigenvalue weighted by molar-refractivity contribution is 0.303. The van der Waals surface area contributed by atoms with Gasteiger partial charge >= 0.3 is 0 Å². The minimum Gasteiger partial charge on any atom is -0.328 e. The van der Waals surface area contributed by atoms with Gasteiger partial charge in [0.2, 0.25) is 0 Å². The summed E-state index contributed by atoms with van der Waals surface area (Å²) in [6.07, 6.45) is 10.2. The fraction of sp³-hybridized carbons (Fsp3) is 1.00. The van der Waals surface area contributed by atoms with E-state index >= 15 is 0 Å². The van der Waals surface area contributed by atoms with Crippen molar-refractivity contribution >= 4 is 0 Å². The molecule has 76 valence electrons. The Morgan fingerprint density at radius 1 is 1.31 bits per heavy atom. The molecule has 1 heteroatoms. The zero-order chi connectivity index (χ0) is 9.26. The highest BCUT2D eigenvalue weighted by Gasteiger charge is 2.38. The van der Waals surface area contributed by atoms with Gasteiger partial charge in [0.05, 0.1) is 0 Å². The Morgan fingerprint density at radius 3 is 2.69 bits per heavy atom. The third-order valence-electron chi connectivity index (χ3n) is 4.12. The van der Waals surface area contributed by atoms with Gasteiger partial charge in [-0.15, -0.1) is 0 Å². The van der Waals surface area contributed by atoms with E-state index in [2.05, 4.69) is 6.92 Å². The molecule has 4 atom stereocenters. The van der Waals surface area contributed by atoms with Crippen LogP contribution in [0.5, 0.6) is 0 Å². The second-order valence-electron chi connectivity index (χ2n) is 5.34. The summed E-state index contributed by atoms with van der Waals surface area (Å²) in [6, 6.07) is 0.415. The molecule has 0 radical (unpaired) electrons. The van der Waals surface area contributed by atoms with E-state index in [-0.39, 0.29) is 0 Å². The van der Waals surface area contributed by atoms with Crippen LogP contribution in [0.3, 0.4) is 0 Å². The third-order valence-corrected chi connectivity index (χ3v) is 4.12. The molecule has 2 fully saturated rings. The van der Waals surface area contributed by atoms with Crippen molar-refractivity contribution in [2.24, 2.45) is 23.5 Å². The van der Waals surface area contributed by atoms with Gasteiger partial charge in [-0.05, 0) is 50.4 Å². The Hall–Kier alpha value is -0.0400. The van der Waals surface area contributed by atoms with Crippen molar-refractivity contribution in [1.29, 1.82) is 0 Å². The molecule has 0 aromatic carbocycles. The Bertz CT molecular complexity index is 165. The van der Waals surface area contributed by atoms with E-state index in [1.54, 1.807) is 12.8 Å². The van der Waals surface area contributed by atoms with Crippen LogP contribution in [0, 0.1) is 17.8 Å². The summed E-state index contributed by atoms with van der Waals surface area (Å²) < 4.78 is 0. The van der Waals surface area contributed by atoms with Crippen LogP contribution >= 0.6 is 0 Å². The van der Waals surface area contributed by atoms with Crippen LogP contribution in [-0.4, -0.2) is 6.04 Å². The number of fused-ring (bicyclic) bond motifs is 2. The molecule has 2 rings (SSSR count). The highest BCUT2D eigenvalue weighted by molar-refractivity contribution is 4.89.